The Balaban J connectivity index is 1.76. The number of rotatable bonds is 6. The van der Waals surface area contributed by atoms with Crippen LogP contribution < -0.4 is 5.32 Å². The van der Waals surface area contributed by atoms with Gasteiger partial charge in [0.25, 0.3) is 0 Å². The molecule has 7 heteroatoms. The van der Waals surface area contributed by atoms with Crippen molar-refractivity contribution < 1.29 is 0 Å². The highest BCUT2D eigenvalue weighted by Crippen LogP contribution is 2.29. The summed E-state index contributed by atoms with van der Waals surface area (Å²) < 4.78 is 2.22. The van der Waals surface area contributed by atoms with Crippen LogP contribution in [0.2, 0.25) is 0 Å². The van der Waals surface area contributed by atoms with Crippen LogP contribution in [0.5, 0.6) is 0 Å². The fourth-order valence-corrected chi connectivity index (χ4v) is 4.13. The molecule has 0 spiro atoms. The molecule has 0 bridgehead atoms. The number of hydrogen-bond acceptors (Lipinski definition) is 6. The van der Waals surface area contributed by atoms with Crippen molar-refractivity contribution in [1.82, 2.24) is 25.1 Å². The molecule has 21 heavy (non-hydrogen) atoms. The van der Waals surface area contributed by atoms with E-state index in [1.165, 1.54) is 4.88 Å². The average molecular weight is 321 g/mol. The van der Waals surface area contributed by atoms with Crippen molar-refractivity contribution in [2.45, 2.75) is 36.2 Å². The molecule has 0 amide bonds. The number of piperidine rings is 1. The highest BCUT2D eigenvalue weighted by molar-refractivity contribution is 7.98. The van der Waals surface area contributed by atoms with E-state index in [9.17, 15) is 0 Å². The number of nitrogens with one attached hydrogen (secondary N) is 1. The Morgan fingerprint density at radius 3 is 3.00 bits per heavy atom. The molecule has 1 N–H and O–H groups in total. The summed E-state index contributed by atoms with van der Waals surface area (Å²) in [5.74, 6) is 2.52. The van der Waals surface area contributed by atoms with Gasteiger partial charge < -0.3 is 9.88 Å². The van der Waals surface area contributed by atoms with Crippen LogP contribution in [0.25, 0.3) is 0 Å². The Bertz CT molecular complexity index is 572. The molecule has 1 aliphatic heterocycles. The molecule has 2 aromatic rings. The van der Waals surface area contributed by atoms with Crippen molar-refractivity contribution in [1.29, 1.82) is 0 Å². The zero-order chi connectivity index (χ0) is 14.5. The number of thiazole rings is 1. The van der Waals surface area contributed by atoms with Crippen molar-refractivity contribution >= 4 is 23.1 Å². The number of nitrogens with zero attached hydrogens (tertiary/aromatic N) is 4. The number of hydrogen-bond donors (Lipinski definition) is 1. The van der Waals surface area contributed by atoms with Gasteiger partial charge >= 0.3 is 0 Å². The van der Waals surface area contributed by atoms with Crippen molar-refractivity contribution in [3.63, 3.8) is 0 Å². The highest BCUT2D eigenvalue weighted by Gasteiger charge is 2.22. The van der Waals surface area contributed by atoms with E-state index in [1.54, 1.807) is 23.1 Å². The fraction of sp³-hybridized carbons (Fsp3) is 0.500. The van der Waals surface area contributed by atoms with Crippen LogP contribution in [-0.2, 0) is 12.3 Å². The summed E-state index contributed by atoms with van der Waals surface area (Å²) >= 11 is 3.40. The van der Waals surface area contributed by atoms with Crippen LogP contribution in [0.3, 0.4) is 0 Å². The smallest absolute Gasteiger partial charge is 0.191 e. The average Bonchev–Trinajstić information content (AvgIpc) is 3.16. The van der Waals surface area contributed by atoms with Crippen LogP contribution in [0.1, 0.15) is 29.5 Å². The number of aromatic nitrogens is 4. The first-order valence-corrected chi connectivity index (χ1v) is 9.00. The quantitative estimate of drug-likeness (QED) is 0.655. The predicted molar refractivity (Wildman–Crippen MR) is 86.7 cm³/mol. The molecule has 0 radical (unpaired) electrons. The maximum absolute atomic E-state index is 4.46. The van der Waals surface area contributed by atoms with Gasteiger partial charge in [0.2, 0.25) is 0 Å². The fourth-order valence-electron chi connectivity index (χ4n) is 2.54. The topological polar surface area (TPSA) is 55.6 Å². The van der Waals surface area contributed by atoms with E-state index >= 15 is 0 Å². The van der Waals surface area contributed by atoms with Crippen molar-refractivity contribution in [3.8, 4) is 0 Å². The summed E-state index contributed by atoms with van der Waals surface area (Å²) in [6.07, 6.45) is 6.11. The number of allylic oxidation sites excluding steroid dienone is 1. The second-order valence-corrected chi connectivity index (χ2v) is 6.93. The minimum atomic E-state index is 0.511. The van der Waals surface area contributed by atoms with Gasteiger partial charge in [0.15, 0.2) is 5.16 Å². The third-order valence-corrected chi connectivity index (χ3v) is 5.57. The van der Waals surface area contributed by atoms with Gasteiger partial charge in [0, 0.05) is 29.3 Å². The van der Waals surface area contributed by atoms with Crippen molar-refractivity contribution in [2.24, 2.45) is 0 Å². The molecule has 1 aliphatic rings. The first-order chi connectivity index (χ1) is 10.4. The van der Waals surface area contributed by atoms with Crippen LogP contribution in [0.4, 0.5) is 0 Å². The van der Waals surface area contributed by atoms with E-state index in [0.29, 0.717) is 5.92 Å². The molecule has 112 valence electrons. The van der Waals surface area contributed by atoms with Gasteiger partial charge in [-0.1, -0.05) is 17.8 Å². The molecule has 5 nitrogen and oxygen atoms in total. The van der Waals surface area contributed by atoms with Gasteiger partial charge in [-0.25, -0.2) is 0 Å². The zero-order valence-electron chi connectivity index (χ0n) is 11.9. The Morgan fingerprint density at radius 2 is 2.29 bits per heavy atom. The summed E-state index contributed by atoms with van der Waals surface area (Å²) in [5, 5.41) is 13.2. The maximum atomic E-state index is 4.46. The zero-order valence-corrected chi connectivity index (χ0v) is 13.5. The van der Waals surface area contributed by atoms with E-state index in [4.69, 9.17) is 0 Å². The Morgan fingerprint density at radius 1 is 1.43 bits per heavy atom. The summed E-state index contributed by atoms with van der Waals surface area (Å²) in [6.45, 7) is 6.77. The molecule has 3 rings (SSSR count). The lowest BCUT2D eigenvalue weighted by atomic mass is 9.97. The molecular weight excluding hydrogens is 302 g/mol. The molecule has 3 heterocycles. The molecule has 2 aromatic heterocycles. The van der Waals surface area contributed by atoms with Crippen LogP contribution in [0, 0.1) is 0 Å². The van der Waals surface area contributed by atoms with Crippen LogP contribution in [-0.4, -0.2) is 32.8 Å². The second kappa shape index (κ2) is 7.20. The lowest BCUT2D eigenvalue weighted by Gasteiger charge is -2.22. The summed E-state index contributed by atoms with van der Waals surface area (Å²) in [6, 6.07) is 0. The minimum absolute atomic E-state index is 0.511. The molecule has 1 fully saturated rings. The molecule has 0 saturated carbocycles. The summed E-state index contributed by atoms with van der Waals surface area (Å²) in [4.78, 5) is 5.37. The predicted octanol–water partition coefficient (Wildman–Crippen LogP) is 2.68. The summed E-state index contributed by atoms with van der Waals surface area (Å²) in [7, 11) is 0. The van der Waals surface area contributed by atoms with E-state index < -0.39 is 0 Å². The maximum Gasteiger partial charge on any atom is 0.191 e. The monoisotopic (exact) mass is 321 g/mol. The van der Waals surface area contributed by atoms with E-state index in [1.807, 2.05) is 17.8 Å². The van der Waals surface area contributed by atoms with Crippen LogP contribution >= 0.6 is 23.1 Å². The minimum Gasteiger partial charge on any atom is -0.317 e. The lowest BCUT2D eigenvalue weighted by molar-refractivity contribution is 0.431. The van der Waals surface area contributed by atoms with E-state index in [0.717, 1.165) is 49.2 Å². The van der Waals surface area contributed by atoms with Gasteiger partial charge in [0.05, 0.1) is 5.51 Å². The van der Waals surface area contributed by atoms with Gasteiger partial charge in [-0.05, 0) is 25.9 Å². The molecule has 0 unspecified atom stereocenters. The second-order valence-electron chi connectivity index (χ2n) is 5.02. The first kappa shape index (κ1) is 14.7. The molecule has 0 atom stereocenters. The third kappa shape index (κ3) is 3.53. The third-order valence-electron chi connectivity index (χ3n) is 3.59. The Kier molecular flexibility index (Phi) is 5.05. The van der Waals surface area contributed by atoms with Crippen LogP contribution in [0.15, 0.2) is 29.5 Å². The Labute approximate surface area is 132 Å². The van der Waals surface area contributed by atoms with Crippen molar-refractivity contribution in [2.75, 3.05) is 13.1 Å². The largest absolute Gasteiger partial charge is 0.317 e. The van der Waals surface area contributed by atoms with Gasteiger partial charge in [-0.3, -0.25) is 4.98 Å². The summed E-state index contributed by atoms with van der Waals surface area (Å²) in [5.41, 5.74) is 1.87. The number of thioether (sulfide) groups is 1. The molecule has 1 saturated heterocycles. The highest BCUT2D eigenvalue weighted by atomic mass is 32.2. The Hall–Kier alpha value is -1.18. The van der Waals surface area contributed by atoms with Gasteiger partial charge in [-0.15, -0.1) is 28.1 Å². The van der Waals surface area contributed by atoms with E-state index in [2.05, 4.69) is 31.6 Å². The molecule has 0 aromatic carbocycles. The standard InChI is InChI=1S/C14H19N5S2/c1-2-7-19-13(11-3-5-15-6-4-11)17-18-14(19)20-9-12-8-16-10-21-12/h2,8,10-11,15H,1,3-7,9H2. The SMILES string of the molecule is C=CCn1c(SCc2cncs2)nnc1C1CCNCC1. The lowest BCUT2D eigenvalue weighted by Crippen LogP contribution is -2.28. The van der Waals surface area contributed by atoms with E-state index in [-0.39, 0.29) is 0 Å². The normalized spacial score (nSPS) is 16.2. The van der Waals surface area contributed by atoms with Crippen molar-refractivity contribution in [3.05, 3.63) is 35.1 Å². The first-order valence-electron chi connectivity index (χ1n) is 7.13. The molecule has 0 aliphatic carbocycles. The van der Waals surface area contributed by atoms with Gasteiger partial charge in [0.1, 0.15) is 5.82 Å². The van der Waals surface area contributed by atoms with Gasteiger partial charge in [-0.2, -0.15) is 0 Å². The molecular formula is C14H19N5S2.